The Kier molecular flexibility index (Phi) is 3.74. The molecule has 4 heteroatoms. The molecule has 0 bridgehead atoms. The summed E-state index contributed by atoms with van der Waals surface area (Å²) < 4.78 is 2.76. The second-order valence-electron chi connectivity index (χ2n) is 4.33. The number of nitrogens with zero attached hydrogens (tertiary/aromatic N) is 2. The number of hydrogen-bond donors (Lipinski definition) is 1. The van der Waals surface area contributed by atoms with Gasteiger partial charge < -0.3 is 4.57 Å². The van der Waals surface area contributed by atoms with E-state index in [0.717, 1.165) is 18.8 Å². The molecule has 2 rings (SSSR count). The quantitative estimate of drug-likeness (QED) is 0.840. The van der Waals surface area contributed by atoms with Crippen LogP contribution in [0.15, 0.2) is 30.3 Å². The van der Waals surface area contributed by atoms with Crippen LogP contribution >= 0.6 is 12.2 Å². The maximum Gasteiger partial charge on any atom is 0.195 e. The fourth-order valence-corrected chi connectivity index (χ4v) is 2.20. The number of nitrogens with one attached hydrogen (secondary N) is 1. The first kappa shape index (κ1) is 12.0. The second-order valence-corrected chi connectivity index (χ2v) is 4.71. The molecule has 1 N–H and O–H groups in total. The Morgan fingerprint density at radius 2 is 2.06 bits per heavy atom. The largest absolute Gasteiger partial charge is 0.304 e. The average Bonchev–Trinajstić information content (AvgIpc) is 2.67. The molecule has 17 heavy (non-hydrogen) atoms. The van der Waals surface area contributed by atoms with Gasteiger partial charge in [0.15, 0.2) is 4.77 Å². The number of benzene rings is 1. The molecular weight excluding hydrogens is 230 g/mol. The highest BCUT2D eigenvalue weighted by Crippen LogP contribution is 2.19. The zero-order chi connectivity index (χ0) is 12.3. The molecule has 1 aromatic heterocycles. The molecule has 0 spiro atoms. The monoisotopic (exact) mass is 247 g/mol. The minimum Gasteiger partial charge on any atom is -0.304 e. The lowest BCUT2D eigenvalue weighted by Crippen LogP contribution is -2.04. The lowest BCUT2D eigenvalue weighted by atomic mass is 9.98. The fourth-order valence-electron chi connectivity index (χ4n) is 1.93. The van der Waals surface area contributed by atoms with Crippen LogP contribution in [-0.4, -0.2) is 14.8 Å². The predicted molar refractivity (Wildman–Crippen MR) is 71.6 cm³/mol. The molecule has 1 unspecified atom stereocenters. The zero-order valence-electron chi connectivity index (χ0n) is 10.2. The van der Waals surface area contributed by atoms with Gasteiger partial charge >= 0.3 is 0 Å². The molecule has 0 amide bonds. The van der Waals surface area contributed by atoms with Crippen molar-refractivity contribution >= 4 is 12.2 Å². The molecule has 0 saturated carbocycles. The zero-order valence-corrected chi connectivity index (χ0v) is 11.0. The highest BCUT2D eigenvalue weighted by Gasteiger charge is 2.07. The van der Waals surface area contributed by atoms with Crippen molar-refractivity contribution in [3.8, 4) is 0 Å². The first-order chi connectivity index (χ1) is 8.18. The second kappa shape index (κ2) is 5.27. The van der Waals surface area contributed by atoms with Gasteiger partial charge in [-0.25, -0.2) is 0 Å². The molecule has 90 valence electrons. The van der Waals surface area contributed by atoms with E-state index in [9.17, 15) is 0 Å². The van der Waals surface area contributed by atoms with Crippen LogP contribution in [0, 0.1) is 11.7 Å². The van der Waals surface area contributed by atoms with Crippen LogP contribution < -0.4 is 0 Å². The minimum atomic E-state index is 0.535. The summed E-state index contributed by atoms with van der Waals surface area (Å²) in [5.74, 6) is 1.49. The maximum atomic E-state index is 5.19. The van der Waals surface area contributed by atoms with Crippen LogP contribution in [0.3, 0.4) is 0 Å². The lowest BCUT2D eigenvalue weighted by Gasteiger charge is -2.12. The van der Waals surface area contributed by atoms with Crippen molar-refractivity contribution in [3.05, 3.63) is 46.5 Å². The van der Waals surface area contributed by atoms with E-state index >= 15 is 0 Å². The number of aromatic amines is 1. The summed E-state index contributed by atoms with van der Waals surface area (Å²) in [5, 5.41) is 6.93. The summed E-state index contributed by atoms with van der Waals surface area (Å²) in [4.78, 5) is 0. The van der Waals surface area contributed by atoms with Gasteiger partial charge in [-0.1, -0.05) is 37.3 Å². The highest BCUT2D eigenvalue weighted by molar-refractivity contribution is 7.71. The molecule has 0 aliphatic rings. The van der Waals surface area contributed by atoms with Gasteiger partial charge in [-0.15, -0.1) is 0 Å². The van der Waals surface area contributed by atoms with Gasteiger partial charge in [0.2, 0.25) is 0 Å². The number of hydrogen-bond acceptors (Lipinski definition) is 2. The fraction of sp³-hybridized carbons (Fsp3) is 0.385. The van der Waals surface area contributed by atoms with Gasteiger partial charge in [-0.3, -0.25) is 5.10 Å². The van der Waals surface area contributed by atoms with E-state index in [1.807, 2.05) is 13.0 Å². The van der Waals surface area contributed by atoms with Crippen LogP contribution in [0.25, 0.3) is 0 Å². The van der Waals surface area contributed by atoms with E-state index in [1.54, 1.807) is 0 Å². The van der Waals surface area contributed by atoms with Gasteiger partial charge in [-0.2, -0.15) is 5.10 Å². The lowest BCUT2D eigenvalue weighted by molar-refractivity contribution is 0.561. The minimum absolute atomic E-state index is 0.535. The highest BCUT2D eigenvalue weighted by atomic mass is 32.1. The first-order valence-electron chi connectivity index (χ1n) is 5.85. The van der Waals surface area contributed by atoms with E-state index in [1.165, 1.54) is 5.56 Å². The Bertz CT molecular complexity index is 527. The Labute approximate surface area is 106 Å². The number of aryl methyl sites for hydroxylation is 1. The van der Waals surface area contributed by atoms with Crippen molar-refractivity contribution in [2.24, 2.45) is 0 Å². The van der Waals surface area contributed by atoms with Gasteiger partial charge in [0.1, 0.15) is 5.82 Å². The van der Waals surface area contributed by atoms with Gasteiger partial charge in [0.05, 0.1) is 0 Å². The molecule has 0 aliphatic heterocycles. The molecule has 0 radical (unpaired) electrons. The summed E-state index contributed by atoms with van der Waals surface area (Å²) in [5.41, 5.74) is 1.38. The van der Waals surface area contributed by atoms with Crippen LogP contribution in [0.5, 0.6) is 0 Å². The molecule has 0 fully saturated rings. The van der Waals surface area contributed by atoms with E-state index < -0.39 is 0 Å². The third kappa shape index (κ3) is 2.82. The molecule has 1 atom stereocenters. The number of H-pyrrole nitrogens is 1. The average molecular weight is 247 g/mol. The molecule has 1 heterocycles. The third-order valence-electron chi connectivity index (χ3n) is 3.10. The molecule has 1 aromatic carbocycles. The molecule has 0 aliphatic carbocycles. The van der Waals surface area contributed by atoms with Crippen LogP contribution in [0.1, 0.15) is 30.7 Å². The van der Waals surface area contributed by atoms with E-state index in [2.05, 4.69) is 46.0 Å². The van der Waals surface area contributed by atoms with Crippen molar-refractivity contribution in [2.75, 3.05) is 0 Å². The van der Waals surface area contributed by atoms with E-state index in [4.69, 9.17) is 12.2 Å². The first-order valence-corrected chi connectivity index (χ1v) is 6.26. The topological polar surface area (TPSA) is 33.6 Å². The summed E-state index contributed by atoms with van der Waals surface area (Å²) >= 11 is 5.19. The van der Waals surface area contributed by atoms with E-state index in [-0.39, 0.29) is 0 Å². The Morgan fingerprint density at radius 1 is 1.35 bits per heavy atom. The van der Waals surface area contributed by atoms with E-state index in [0.29, 0.717) is 10.7 Å². The Balaban J connectivity index is 2.02. The molecule has 0 saturated heterocycles. The van der Waals surface area contributed by atoms with Crippen LogP contribution in [-0.2, 0) is 6.54 Å². The summed E-state index contributed by atoms with van der Waals surface area (Å²) in [7, 11) is 0. The number of aromatic nitrogens is 3. The summed E-state index contributed by atoms with van der Waals surface area (Å²) in [6, 6.07) is 10.6. The third-order valence-corrected chi connectivity index (χ3v) is 3.42. The van der Waals surface area contributed by atoms with Gasteiger partial charge in [-0.05, 0) is 37.0 Å². The van der Waals surface area contributed by atoms with Crippen molar-refractivity contribution in [1.29, 1.82) is 0 Å². The Morgan fingerprint density at radius 3 is 2.65 bits per heavy atom. The SMILES string of the molecule is Cc1n[nH]c(=S)n1CCC(C)c1ccccc1. The van der Waals surface area contributed by atoms with Crippen molar-refractivity contribution in [1.82, 2.24) is 14.8 Å². The van der Waals surface area contributed by atoms with Crippen molar-refractivity contribution in [2.45, 2.75) is 32.7 Å². The van der Waals surface area contributed by atoms with Crippen LogP contribution in [0.2, 0.25) is 0 Å². The molecule has 3 nitrogen and oxygen atoms in total. The number of rotatable bonds is 4. The molecule has 2 aromatic rings. The molecular formula is C13H17N3S. The summed E-state index contributed by atoms with van der Waals surface area (Å²) in [6.07, 6.45) is 1.07. The van der Waals surface area contributed by atoms with Gasteiger partial charge in [0.25, 0.3) is 0 Å². The van der Waals surface area contributed by atoms with Crippen molar-refractivity contribution < 1.29 is 0 Å². The normalized spacial score (nSPS) is 12.6. The smallest absolute Gasteiger partial charge is 0.195 e. The predicted octanol–water partition coefficient (Wildman–Crippen LogP) is 3.44. The standard InChI is InChI=1S/C13H17N3S/c1-10(12-6-4-3-5-7-12)8-9-16-11(2)14-15-13(16)17/h3-7,10H,8-9H2,1-2H3,(H,15,17). The van der Waals surface area contributed by atoms with Crippen LogP contribution in [0.4, 0.5) is 0 Å². The maximum absolute atomic E-state index is 5.19. The summed E-state index contributed by atoms with van der Waals surface area (Å²) in [6.45, 7) is 5.13. The van der Waals surface area contributed by atoms with Gasteiger partial charge in [0, 0.05) is 6.54 Å². The van der Waals surface area contributed by atoms with Crippen molar-refractivity contribution in [3.63, 3.8) is 0 Å². The Hall–Kier alpha value is -1.42.